The summed E-state index contributed by atoms with van der Waals surface area (Å²) in [5.41, 5.74) is 1.14. The highest BCUT2D eigenvalue weighted by molar-refractivity contribution is 5.93. The van der Waals surface area contributed by atoms with Crippen LogP contribution in [0.15, 0.2) is 71.8 Å². The predicted octanol–water partition coefficient (Wildman–Crippen LogP) is 2.50. The van der Waals surface area contributed by atoms with Gasteiger partial charge in [0.15, 0.2) is 11.5 Å². The molecule has 8 nitrogen and oxygen atoms in total. The van der Waals surface area contributed by atoms with Gasteiger partial charge in [-0.25, -0.2) is 4.98 Å². The van der Waals surface area contributed by atoms with Crippen molar-refractivity contribution < 1.29 is 14.3 Å². The molecule has 0 radical (unpaired) electrons. The van der Waals surface area contributed by atoms with Gasteiger partial charge in [-0.2, -0.15) is 4.68 Å². The van der Waals surface area contributed by atoms with E-state index < -0.39 is 5.91 Å². The summed E-state index contributed by atoms with van der Waals surface area (Å²) >= 11 is 0. The van der Waals surface area contributed by atoms with Gasteiger partial charge in [-0.3, -0.25) is 14.3 Å². The van der Waals surface area contributed by atoms with E-state index in [4.69, 9.17) is 9.47 Å². The zero-order valence-corrected chi connectivity index (χ0v) is 17.2. The molecule has 0 atom stereocenters. The van der Waals surface area contributed by atoms with Crippen molar-refractivity contribution in [1.29, 1.82) is 0 Å². The molecule has 0 aliphatic heterocycles. The maximum Gasteiger partial charge on any atom is 0.289 e. The number of para-hydroxylation sites is 1. The molecule has 1 N–H and O–H groups in total. The SMILES string of the molecule is COc1ccc(CCNC(=O)c2nc3ccccc3c(=O)n2-n2cccc2)cc1OC. The van der Waals surface area contributed by atoms with Gasteiger partial charge in [0, 0.05) is 18.9 Å². The lowest BCUT2D eigenvalue weighted by atomic mass is 10.1. The van der Waals surface area contributed by atoms with E-state index in [0.29, 0.717) is 35.4 Å². The first-order valence-electron chi connectivity index (χ1n) is 9.77. The fourth-order valence-electron chi connectivity index (χ4n) is 3.38. The lowest BCUT2D eigenvalue weighted by Gasteiger charge is -2.14. The molecule has 0 fully saturated rings. The van der Waals surface area contributed by atoms with Gasteiger partial charge >= 0.3 is 0 Å². The second-order valence-electron chi connectivity index (χ2n) is 6.83. The molecule has 0 saturated carbocycles. The fourth-order valence-corrected chi connectivity index (χ4v) is 3.38. The van der Waals surface area contributed by atoms with Crippen LogP contribution in [-0.4, -0.2) is 41.0 Å². The summed E-state index contributed by atoms with van der Waals surface area (Å²) in [6.07, 6.45) is 3.96. The van der Waals surface area contributed by atoms with E-state index in [1.165, 1.54) is 4.68 Å². The van der Waals surface area contributed by atoms with Crippen molar-refractivity contribution in [2.24, 2.45) is 0 Å². The minimum Gasteiger partial charge on any atom is -0.493 e. The van der Waals surface area contributed by atoms with Crippen LogP contribution in [0, 0.1) is 0 Å². The second-order valence-corrected chi connectivity index (χ2v) is 6.83. The molecular formula is C23H22N4O4. The summed E-state index contributed by atoms with van der Waals surface area (Å²) in [5, 5.41) is 3.30. The van der Waals surface area contributed by atoms with Crippen LogP contribution in [0.4, 0.5) is 0 Å². The monoisotopic (exact) mass is 418 g/mol. The van der Waals surface area contributed by atoms with E-state index in [9.17, 15) is 9.59 Å². The van der Waals surface area contributed by atoms with Crippen molar-refractivity contribution >= 4 is 16.8 Å². The van der Waals surface area contributed by atoms with Crippen LogP contribution in [0.5, 0.6) is 11.5 Å². The second kappa shape index (κ2) is 8.74. The van der Waals surface area contributed by atoms with Gasteiger partial charge < -0.3 is 14.8 Å². The maximum atomic E-state index is 13.1. The molecule has 4 aromatic rings. The number of hydrogen-bond acceptors (Lipinski definition) is 5. The first-order valence-corrected chi connectivity index (χ1v) is 9.77. The molecule has 0 saturated heterocycles. The summed E-state index contributed by atoms with van der Waals surface area (Å²) < 4.78 is 13.4. The minimum atomic E-state index is -0.433. The number of methoxy groups -OCH3 is 2. The van der Waals surface area contributed by atoms with Crippen LogP contribution in [0.1, 0.15) is 16.2 Å². The van der Waals surface area contributed by atoms with Gasteiger partial charge in [0.25, 0.3) is 11.5 Å². The van der Waals surface area contributed by atoms with Crippen molar-refractivity contribution in [3.8, 4) is 11.5 Å². The molecule has 0 aliphatic rings. The Morgan fingerprint density at radius 1 is 1.00 bits per heavy atom. The Morgan fingerprint density at radius 2 is 1.74 bits per heavy atom. The number of fused-ring (bicyclic) bond motifs is 1. The van der Waals surface area contributed by atoms with E-state index >= 15 is 0 Å². The number of ether oxygens (including phenoxy) is 2. The number of carbonyl (C=O) groups excluding carboxylic acids is 1. The number of rotatable bonds is 7. The highest BCUT2D eigenvalue weighted by Crippen LogP contribution is 2.27. The summed E-state index contributed by atoms with van der Waals surface area (Å²) in [6, 6.07) is 16.1. The van der Waals surface area contributed by atoms with E-state index in [-0.39, 0.29) is 11.4 Å². The van der Waals surface area contributed by atoms with Crippen molar-refractivity contribution in [3.05, 3.63) is 88.7 Å². The van der Waals surface area contributed by atoms with Gasteiger partial charge in [-0.15, -0.1) is 0 Å². The molecule has 158 valence electrons. The van der Waals surface area contributed by atoms with Crippen molar-refractivity contribution in [1.82, 2.24) is 19.7 Å². The first-order chi connectivity index (χ1) is 15.1. The molecule has 1 amide bonds. The van der Waals surface area contributed by atoms with Crippen molar-refractivity contribution in [2.45, 2.75) is 6.42 Å². The zero-order chi connectivity index (χ0) is 21.8. The summed E-state index contributed by atoms with van der Waals surface area (Å²) in [4.78, 5) is 30.5. The normalized spacial score (nSPS) is 10.8. The average Bonchev–Trinajstić information content (AvgIpc) is 3.33. The molecule has 2 aromatic carbocycles. The van der Waals surface area contributed by atoms with E-state index in [0.717, 1.165) is 5.56 Å². The third kappa shape index (κ3) is 4.00. The molecule has 2 aromatic heterocycles. The number of carbonyl (C=O) groups is 1. The third-order valence-electron chi connectivity index (χ3n) is 4.92. The number of nitrogens with zero attached hydrogens (tertiary/aromatic N) is 3. The molecule has 0 spiro atoms. The molecular weight excluding hydrogens is 396 g/mol. The molecule has 31 heavy (non-hydrogen) atoms. The number of aromatic nitrogens is 3. The molecule has 4 rings (SSSR count). The highest BCUT2D eigenvalue weighted by Gasteiger charge is 2.18. The zero-order valence-electron chi connectivity index (χ0n) is 17.2. The van der Waals surface area contributed by atoms with Gasteiger partial charge in [0.05, 0.1) is 25.1 Å². The topological polar surface area (TPSA) is 87.4 Å². The summed E-state index contributed by atoms with van der Waals surface area (Å²) in [7, 11) is 3.16. The van der Waals surface area contributed by atoms with Crippen LogP contribution >= 0.6 is 0 Å². The van der Waals surface area contributed by atoms with E-state index in [2.05, 4.69) is 10.3 Å². The van der Waals surface area contributed by atoms with Crippen LogP contribution in [0.25, 0.3) is 10.9 Å². The number of amides is 1. The quantitative estimate of drug-likeness (QED) is 0.498. The lowest BCUT2D eigenvalue weighted by Crippen LogP contribution is -2.37. The van der Waals surface area contributed by atoms with E-state index in [1.807, 2.05) is 18.2 Å². The van der Waals surface area contributed by atoms with Gasteiger partial charge in [-0.05, 0) is 48.4 Å². The maximum absolute atomic E-state index is 13.1. The lowest BCUT2D eigenvalue weighted by molar-refractivity contribution is 0.0936. The highest BCUT2D eigenvalue weighted by atomic mass is 16.5. The van der Waals surface area contributed by atoms with Crippen molar-refractivity contribution in [2.75, 3.05) is 20.8 Å². The first kappa shape index (κ1) is 20.2. The smallest absolute Gasteiger partial charge is 0.289 e. The van der Waals surface area contributed by atoms with Crippen LogP contribution in [-0.2, 0) is 6.42 Å². The van der Waals surface area contributed by atoms with Crippen LogP contribution < -0.4 is 20.3 Å². The number of benzene rings is 2. The van der Waals surface area contributed by atoms with Gasteiger partial charge in [0.2, 0.25) is 5.82 Å². The largest absolute Gasteiger partial charge is 0.493 e. The number of hydrogen-bond donors (Lipinski definition) is 1. The van der Waals surface area contributed by atoms with Crippen LogP contribution in [0.3, 0.4) is 0 Å². The van der Waals surface area contributed by atoms with E-state index in [1.54, 1.807) is 67.7 Å². The Kier molecular flexibility index (Phi) is 5.70. The Balaban J connectivity index is 1.59. The van der Waals surface area contributed by atoms with Gasteiger partial charge in [0.1, 0.15) is 0 Å². The van der Waals surface area contributed by atoms with Gasteiger partial charge in [-0.1, -0.05) is 18.2 Å². The van der Waals surface area contributed by atoms with Crippen LogP contribution in [0.2, 0.25) is 0 Å². The standard InChI is InChI=1S/C23H22N4O4/c1-30-19-10-9-16(15-20(19)31-2)11-12-24-22(28)21-25-18-8-4-3-7-17(18)23(29)27(21)26-13-5-6-14-26/h3-10,13-15H,11-12H2,1-2H3,(H,24,28). The number of nitrogens with one attached hydrogen (secondary N) is 1. The molecule has 8 heteroatoms. The fraction of sp³-hybridized carbons (Fsp3) is 0.174. The molecule has 0 bridgehead atoms. The Labute approximate surface area is 178 Å². The summed E-state index contributed by atoms with van der Waals surface area (Å²) in [5.74, 6) is 0.861. The Hall–Kier alpha value is -4.07. The molecule has 2 heterocycles. The minimum absolute atomic E-state index is 0.0206. The summed E-state index contributed by atoms with van der Waals surface area (Å²) in [6.45, 7) is 0.364. The predicted molar refractivity (Wildman–Crippen MR) is 117 cm³/mol. The molecule has 0 unspecified atom stereocenters. The molecule has 0 aliphatic carbocycles. The Bertz CT molecular complexity index is 1280. The Morgan fingerprint density at radius 3 is 2.48 bits per heavy atom. The third-order valence-corrected chi connectivity index (χ3v) is 4.92. The average molecular weight is 418 g/mol. The van der Waals surface area contributed by atoms with Crippen molar-refractivity contribution in [3.63, 3.8) is 0 Å².